The standard InChI is InChI=1S/C14H17BrClNO2/c15-10-4-5-13(18)12(7-10)14(19)17-8-9-2-1-3-11(16)6-9/h4-5,7,9,11,18H,1-3,6,8H2,(H,17,19). The lowest BCUT2D eigenvalue weighted by molar-refractivity contribution is 0.0941. The number of amides is 1. The van der Waals surface area contributed by atoms with Crippen LogP contribution in [-0.4, -0.2) is 22.9 Å². The Morgan fingerprint density at radius 3 is 3.00 bits per heavy atom. The Kier molecular flexibility index (Phi) is 5.11. The van der Waals surface area contributed by atoms with Crippen LogP contribution in [0, 0.1) is 5.92 Å². The Morgan fingerprint density at radius 2 is 2.26 bits per heavy atom. The Bertz CT molecular complexity index is 467. The normalized spacial score (nSPS) is 23.1. The minimum absolute atomic E-state index is 0.000404. The van der Waals surface area contributed by atoms with Gasteiger partial charge in [0.25, 0.3) is 5.91 Å². The Morgan fingerprint density at radius 1 is 1.47 bits per heavy atom. The molecule has 0 radical (unpaired) electrons. The summed E-state index contributed by atoms with van der Waals surface area (Å²) in [5, 5.41) is 12.8. The lowest BCUT2D eigenvalue weighted by Gasteiger charge is -2.25. The number of carbonyl (C=O) groups excluding carboxylic acids is 1. The number of carbonyl (C=O) groups is 1. The number of hydrogen-bond acceptors (Lipinski definition) is 2. The van der Waals surface area contributed by atoms with Crippen molar-refractivity contribution >= 4 is 33.4 Å². The zero-order valence-electron chi connectivity index (χ0n) is 10.5. The van der Waals surface area contributed by atoms with E-state index in [1.54, 1.807) is 12.1 Å². The number of rotatable bonds is 3. The van der Waals surface area contributed by atoms with Crippen molar-refractivity contribution in [3.8, 4) is 5.75 Å². The highest BCUT2D eigenvalue weighted by molar-refractivity contribution is 9.10. The second-order valence-corrected chi connectivity index (χ2v) is 6.53. The van der Waals surface area contributed by atoms with E-state index in [1.807, 2.05) is 0 Å². The molecular weight excluding hydrogens is 330 g/mol. The van der Waals surface area contributed by atoms with Gasteiger partial charge in [-0.25, -0.2) is 0 Å². The molecule has 104 valence electrons. The van der Waals surface area contributed by atoms with Crippen molar-refractivity contribution in [1.82, 2.24) is 5.32 Å². The van der Waals surface area contributed by atoms with Crippen LogP contribution in [0.1, 0.15) is 36.0 Å². The molecule has 0 bridgehead atoms. The molecule has 1 fully saturated rings. The number of hydrogen-bond donors (Lipinski definition) is 2. The van der Waals surface area contributed by atoms with Gasteiger partial charge in [-0.15, -0.1) is 11.6 Å². The molecule has 0 aliphatic heterocycles. The second kappa shape index (κ2) is 6.62. The van der Waals surface area contributed by atoms with Crippen molar-refractivity contribution in [1.29, 1.82) is 0 Å². The molecule has 1 aliphatic carbocycles. The van der Waals surface area contributed by atoms with Crippen LogP contribution in [0.5, 0.6) is 5.75 Å². The number of halogens is 2. The Labute approximate surface area is 126 Å². The molecule has 1 aliphatic rings. The van der Waals surface area contributed by atoms with Crippen molar-refractivity contribution in [2.24, 2.45) is 5.92 Å². The number of nitrogens with one attached hydrogen (secondary N) is 1. The summed E-state index contributed by atoms with van der Waals surface area (Å²) < 4.78 is 0.772. The van der Waals surface area contributed by atoms with E-state index >= 15 is 0 Å². The van der Waals surface area contributed by atoms with Gasteiger partial charge in [-0.1, -0.05) is 22.4 Å². The van der Waals surface area contributed by atoms with Crippen LogP contribution < -0.4 is 5.32 Å². The fourth-order valence-corrected chi connectivity index (χ4v) is 3.20. The lowest BCUT2D eigenvalue weighted by atomic mass is 9.89. The van der Waals surface area contributed by atoms with Crippen LogP contribution in [0.15, 0.2) is 22.7 Å². The van der Waals surface area contributed by atoms with E-state index in [1.165, 1.54) is 6.07 Å². The van der Waals surface area contributed by atoms with E-state index in [-0.39, 0.29) is 17.0 Å². The second-order valence-electron chi connectivity index (χ2n) is 5.00. The maximum atomic E-state index is 12.0. The molecular formula is C14H17BrClNO2. The van der Waals surface area contributed by atoms with Gasteiger partial charge in [-0.2, -0.15) is 0 Å². The third-order valence-electron chi connectivity index (χ3n) is 3.47. The van der Waals surface area contributed by atoms with Crippen molar-refractivity contribution in [2.75, 3.05) is 6.54 Å². The van der Waals surface area contributed by atoms with E-state index in [0.717, 1.165) is 30.2 Å². The minimum Gasteiger partial charge on any atom is -0.507 e. The number of benzene rings is 1. The van der Waals surface area contributed by atoms with Gasteiger partial charge in [0, 0.05) is 16.4 Å². The van der Waals surface area contributed by atoms with Crippen molar-refractivity contribution in [3.63, 3.8) is 0 Å². The molecule has 2 atom stereocenters. The largest absolute Gasteiger partial charge is 0.507 e. The molecule has 3 nitrogen and oxygen atoms in total. The number of aromatic hydroxyl groups is 1. The molecule has 2 rings (SSSR count). The first-order valence-corrected chi connectivity index (χ1v) is 7.70. The quantitative estimate of drug-likeness (QED) is 0.820. The fraction of sp³-hybridized carbons (Fsp3) is 0.500. The lowest BCUT2D eigenvalue weighted by Crippen LogP contribution is -2.32. The van der Waals surface area contributed by atoms with Crippen molar-refractivity contribution < 1.29 is 9.90 Å². The van der Waals surface area contributed by atoms with Crippen LogP contribution in [0.25, 0.3) is 0 Å². The summed E-state index contributed by atoms with van der Waals surface area (Å²) in [4.78, 5) is 12.0. The van der Waals surface area contributed by atoms with Gasteiger partial charge in [0.2, 0.25) is 0 Å². The number of phenols is 1. The van der Waals surface area contributed by atoms with E-state index in [4.69, 9.17) is 11.6 Å². The van der Waals surface area contributed by atoms with Gasteiger partial charge in [-0.3, -0.25) is 4.79 Å². The van der Waals surface area contributed by atoms with E-state index in [0.29, 0.717) is 18.0 Å². The third-order valence-corrected chi connectivity index (χ3v) is 4.36. The summed E-state index contributed by atoms with van der Waals surface area (Å²) >= 11 is 9.42. The zero-order valence-corrected chi connectivity index (χ0v) is 12.9. The molecule has 0 aromatic heterocycles. The van der Waals surface area contributed by atoms with Crippen LogP contribution in [-0.2, 0) is 0 Å². The first kappa shape index (κ1) is 14.7. The van der Waals surface area contributed by atoms with Crippen LogP contribution in [0.3, 0.4) is 0 Å². The summed E-state index contributed by atoms with van der Waals surface area (Å²) in [7, 11) is 0. The van der Waals surface area contributed by atoms with E-state index in [2.05, 4.69) is 21.2 Å². The molecule has 19 heavy (non-hydrogen) atoms. The highest BCUT2D eigenvalue weighted by atomic mass is 79.9. The molecule has 1 amide bonds. The van der Waals surface area contributed by atoms with Gasteiger partial charge < -0.3 is 10.4 Å². The first-order chi connectivity index (χ1) is 9.06. The monoisotopic (exact) mass is 345 g/mol. The van der Waals surface area contributed by atoms with E-state index < -0.39 is 0 Å². The van der Waals surface area contributed by atoms with Gasteiger partial charge in [0.1, 0.15) is 5.75 Å². The zero-order chi connectivity index (χ0) is 13.8. The number of phenolic OH excluding ortho intramolecular Hbond substituents is 1. The van der Waals surface area contributed by atoms with Gasteiger partial charge >= 0.3 is 0 Å². The molecule has 5 heteroatoms. The van der Waals surface area contributed by atoms with Crippen molar-refractivity contribution in [3.05, 3.63) is 28.2 Å². The maximum Gasteiger partial charge on any atom is 0.255 e. The molecule has 0 spiro atoms. The van der Waals surface area contributed by atoms with E-state index in [9.17, 15) is 9.90 Å². The summed E-state index contributed by atoms with van der Waals surface area (Å²) in [5.74, 6) is 0.199. The average Bonchev–Trinajstić information content (AvgIpc) is 2.39. The maximum absolute atomic E-state index is 12.0. The van der Waals surface area contributed by atoms with Gasteiger partial charge in [0.05, 0.1) is 5.56 Å². The smallest absolute Gasteiger partial charge is 0.255 e. The van der Waals surface area contributed by atoms with Crippen LogP contribution in [0.4, 0.5) is 0 Å². The summed E-state index contributed by atoms with van der Waals surface area (Å²) in [6.45, 7) is 0.619. The SMILES string of the molecule is O=C(NCC1CCCC(Cl)C1)c1cc(Br)ccc1O. The summed E-state index contributed by atoms with van der Waals surface area (Å²) in [5.41, 5.74) is 0.299. The molecule has 0 saturated heterocycles. The predicted octanol–water partition coefficient (Wildman–Crippen LogP) is 3.68. The topological polar surface area (TPSA) is 49.3 Å². The number of alkyl halides is 1. The molecule has 1 saturated carbocycles. The Hall–Kier alpha value is -0.740. The van der Waals surface area contributed by atoms with Gasteiger partial charge in [-0.05, 0) is 43.4 Å². The fourth-order valence-electron chi connectivity index (χ4n) is 2.43. The predicted molar refractivity (Wildman–Crippen MR) is 79.7 cm³/mol. The molecule has 0 heterocycles. The van der Waals surface area contributed by atoms with Crippen LogP contribution >= 0.6 is 27.5 Å². The Balaban J connectivity index is 1.92. The van der Waals surface area contributed by atoms with Gasteiger partial charge in [0.15, 0.2) is 0 Å². The first-order valence-electron chi connectivity index (χ1n) is 6.47. The average molecular weight is 347 g/mol. The highest BCUT2D eigenvalue weighted by Gasteiger charge is 2.21. The van der Waals surface area contributed by atoms with Crippen LogP contribution in [0.2, 0.25) is 0 Å². The molecule has 1 aromatic carbocycles. The minimum atomic E-state index is -0.240. The molecule has 2 N–H and O–H groups in total. The summed E-state index contributed by atoms with van der Waals surface area (Å²) in [6, 6.07) is 4.83. The summed E-state index contributed by atoms with van der Waals surface area (Å²) in [6.07, 6.45) is 4.25. The third kappa shape index (κ3) is 4.11. The molecule has 2 unspecified atom stereocenters. The highest BCUT2D eigenvalue weighted by Crippen LogP contribution is 2.27. The molecule has 1 aromatic rings. The van der Waals surface area contributed by atoms with Crippen molar-refractivity contribution in [2.45, 2.75) is 31.1 Å².